The van der Waals surface area contributed by atoms with Gasteiger partial charge in [0.2, 0.25) is 5.91 Å². The number of hydrogen-bond donors (Lipinski definition) is 1. The van der Waals surface area contributed by atoms with Gasteiger partial charge in [0.1, 0.15) is 17.2 Å². The van der Waals surface area contributed by atoms with Gasteiger partial charge in [0.05, 0.1) is 55.7 Å². The Morgan fingerprint density at radius 3 is 2.77 bits per heavy atom. The maximum Gasteiger partial charge on any atom is 0.319 e. The number of terminal acetylenes is 1. The number of pyridine rings is 1. The lowest BCUT2D eigenvalue weighted by Crippen LogP contribution is -2.44. The summed E-state index contributed by atoms with van der Waals surface area (Å²) in [6.45, 7) is 9.53. The number of carbonyl (C=O) groups excluding carboxylic acids is 1. The minimum Gasteiger partial charge on any atom is -0.463 e. The molecule has 10 nitrogen and oxygen atoms in total. The number of aromatic nitrogens is 3. The van der Waals surface area contributed by atoms with Crippen molar-refractivity contribution in [1.82, 2.24) is 25.2 Å². The highest BCUT2D eigenvalue weighted by Gasteiger charge is 2.45. The topological polar surface area (TPSA) is 102 Å². The molecule has 1 saturated carbocycles. The average Bonchev–Trinajstić information content (AvgIpc) is 3.91. The van der Waals surface area contributed by atoms with E-state index in [2.05, 4.69) is 32.7 Å². The van der Waals surface area contributed by atoms with Gasteiger partial charge < -0.3 is 24.4 Å². The zero-order valence-electron chi connectivity index (χ0n) is 27.0. The van der Waals surface area contributed by atoms with Gasteiger partial charge in [-0.2, -0.15) is 9.97 Å². The Morgan fingerprint density at radius 1 is 1.19 bits per heavy atom. The maximum atomic E-state index is 16.9. The second-order valence-corrected chi connectivity index (χ2v) is 13.2. The highest BCUT2D eigenvalue weighted by atomic mass is 19.1. The molecule has 4 aliphatic rings. The molecule has 2 saturated heterocycles. The van der Waals surface area contributed by atoms with Gasteiger partial charge in [-0.3, -0.25) is 14.7 Å². The Hall–Kier alpha value is -4.18. The van der Waals surface area contributed by atoms with Crippen LogP contribution in [0.15, 0.2) is 31.0 Å². The van der Waals surface area contributed by atoms with Crippen molar-refractivity contribution < 1.29 is 27.8 Å². The second-order valence-electron chi connectivity index (χ2n) is 13.2. The van der Waals surface area contributed by atoms with E-state index in [9.17, 15) is 9.18 Å². The minimum atomic E-state index is -0.608. The molecule has 252 valence electrons. The van der Waals surface area contributed by atoms with Crippen LogP contribution in [0.3, 0.4) is 0 Å². The fourth-order valence-corrected chi connectivity index (χ4v) is 7.22. The van der Waals surface area contributed by atoms with Gasteiger partial charge in [0.25, 0.3) is 0 Å². The molecule has 2 aliphatic heterocycles. The normalized spacial score (nSPS) is 22.3. The van der Waals surface area contributed by atoms with Crippen LogP contribution in [0, 0.1) is 29.4 Å². The number of aryl methyl sites for hydroxylation is 1. The molecule has 48 heavy (non-hydrogen) atoms. The van der Waals surface area contributed by atoms with Crippen LogP contribution < -0.4 is 15.0 Å². The largest absolute Gasteiger partial charge is 0.463 e. The summed E-state index contributed by atoms with van der Waals surface area (Å²) in [4.78, 5) is 30.6. The summed E-state index contributed by atoms with van der Waals surface area (Å²) in [7, 11) is 0. The van der Waals surface area contributed by atoms with Crippen LogP contribution in [-0.2, 0) is 20.7 Å². The lowest BCUT2D eigenvalue weighted by atomic mass is 9.78. The van der Waals surface area contributed by atoms with Crippen LogP contribution in [0.5, 0.6) is 6.01 Å². The predicted octanol–water partition coefficient (Wildman–Crippen LogP) is 3.75. The summed E-state index contributed by atoms with van der Waals surface area (Å²) in [5.41, 5.74) is 1.89. The van der Waals surface area contributed by atoms with E-state index in [1.807, 2.05) is 4.90 Å². The van der Waals surface area contributed by atoms with Crippen molar-refractivity contribution in [1.29, 1.82) is 0 Å². The number of nitrogens with zero attached hydrogens (tertiary/aromatic N) is 5. The molecular weight excluding hydrogens is 618 g/mol. The molecule has 12 heteroatoms. The van der Waals surface area contributed by atoms with Crippen LogP contribution >= 0.6 is 0 Å². The van der Waals surface area contributed by atoms with Crippen LogP contribution in [0.4, 0.5) is 14.6 Å². The third-order valence-corrected chi connectivity index (χ3v) is 9.94. The van der Waals surface area contributed by atoms with Gasteiger partial charge in [-0.05, 0) is 55.4 Å². The third kappa shape index (κ3) is 6.59. The number of morpholine rings is 1. The van der Waals surface area contributed by atoms with E-state index in [4.69, 9.17) is 25.6 Å². The van der Waals surface area contributed by atoms with Crippen molar-refractivity contribution in [2.75, 3.05) is 70.7 Å². The molecule has 4 heterocycles. The van der Waals surface area contributed by atoms with Crippen molar-refractivity contribution in [3.63, 3.8) is 0 Å². The molecule has 2 aromatic heterocycles. The van der Waals surface area contributed by atoms with Crippen molar-refractivity contribution in [3.05, 3.63) is 65.0 Å². The summed E-state index contributed by atoms with van der Waals surface area (Å²) in [6, 6.07) is 2.82. The first-order chi connectivity index (χ1) is 23.4. The van der Waals surface area contributed by atoms with Crippen molar-refractivity contribution in [2.45, 2.75) is 44.1 Å². The second kappa shape index (κ2) is 13.7. The summed E-state index contributed by atoms with van der Waals surface area (Å²) in [6.07, 6.45) is 12.7. The van der Waals surface area contributed by atoms with Crippen molar-refractivity contribution >= 4 is 22.6 Å². The highest BCUT2D eigenvalue weighted by Crippen LogP contribution is 2.47. The Labute approximate surface area is 278 Å². The van der Waals surface area contributed by atoms with Gasteiger partial charge in [-0.1, -0.05) is 18.6 Å². The number of hydrogen-bond acceptors (Lipinski definition) is 9. The zero-order chi connectivity index (χ0) is 33.3. The maximum absolute atomic E-state index is 16.9. The van der Waals surface area contributed by atoms with Gasteiger partial charge in [-0.15, -0.1) is 6.42 Å². The molecule has 3 aromatic rings. The minimum absolute atomic E-state index is 0.0181. The number of anilines is 1. The van der Waals surface area contributed by atoms with E-state index >= 15 is 4.39 Å². The van der Waals surface area contributed by atoms with Crippen LogP contribution in [-0.4, -0.2) is 97.6 Å². The average molecular weight is 659 g/mol. The Balaban J connectivity index is 1.27. The Bertz CT molecular complexity index is 1750. The number of ether oxygens (including phenoxy) is 3. The smallest absolute Gasteiger partial charge is 0.319 e. The van der Waals surface area contributed by atoms with E-state index in [0.29, 0.717) is 56.1 Å². The predicted molar refractivity (Wildman–Crippen MR) is 176 cm³/mol. The molecule has 0 unspecified atom stereocenters. The first-order valence-electron chi connectivity index (χ1n) is 16.7. The SMILES string of the molecule is C#Cc1c(F)ccc2c1[C@H](c1ncc3c(N4CCOC[C@H](NC(=O)C=C)C4)nc(OCC4(CN5CCOCC5)CC4)nc3c1F)CCC2. The Morgan fingerprint density at radius 2 is 2.00 bits per heavy atom. The molecule has 7 rings (SSSR count). The van der Waals surface area contributed by atoms with Gasteiger partial charge >= 0.3 is 6.01 Å². The third-order valence-electron chi connectivity index (χ3n) is 9.94. The number of rotatable bonds is 9. The standard InChI is InChI=1S/C36H40F2N6O4/c1-3-25-28(37)9-8-23-6-5-7-26(30(23)25)32-31(38)33-27(18-39-32)34(44-14-17-47-20-24(19-44)40-29(45)4-2)42-35(41-33)48-22-36(10-11-36)21-43-12-15-46-16-13-43/h1,4,8-9,18,24,26H,2,5-7,10-17,19-22H2,(H,40,45)/t24-,26-/m1/s1. The number of halogens is 2. The Kier molecular flexibility index (Phi) is 9.27. The highest BCUT2D eigenvalue weighted by molar-refractivity contribution is 5.90. The van der Waals surface area contributed by atoms with Crippen LogP contribution in [0.1, 0.15) is 54.0 Å². The zero-order valence-corrected chi connectivity index (χ0v) is 27.0. The lowest BCUT2D eigenvalue weighted by molar-refractivity contribution is -0.117. The molecule has 2 aliphatic carbocycles. The molecule has 0 radical (unpaired) electrons. The molecule has 1 N–H and O–H groups in total. The molecule has 0 spiro atoms. The van der Waals surface area contributed by atoms with Crippen LogP contribution in [0.2, 0.25) is 0 Å². The summed E-state index contributed by atoms with van der Waals surface area (Å²) >= 11 is 0. The van der Waals surface area contributed by atoms with Crippen molar-refractivity contribution in [2.24, 2.45) is 5.41 Å². The van der Waals surface area contributed by atoms with E-state index in [0.717, 1.165) is 64.1 Å². The number of fused-ring (bicyclic) bond motifs is 2. The summed E-state index contributed by atoms with van der Waals surface area (Å²) in [5.74, 6) is 0.980. The fraction of sp³-hybridized carbons (Fsp3) is 0.500. The van der Waals surface area contributed by atoms with Gasteiger partial charge in [0.15, 0.2) is 5.82 Å². The molecule has 1 aromatic carbocycles. The van der Waals surface area contributed by atoms with E-state index in [1.54, 1.807) is 12.3 Å². The lowest BCUT2D eigenvalue weighted by Gasteiger charge is -2.30. The van der Waals surface area contributed by atoms with Gasteiger partial charge in [0, 0.05) is 50.3 Å². The first-order valence-corrected chi connectivity index (χ1v) is 16.7. The molecular formula is C36H40F2N6O4. The fourth-order valence-electron chi connectivity index (χ4n) is 7.22. The van der Waals surface area contributed by atoms with Gasteiger partial charge in [-0.25, -0.2) is 8.78 Å². The van der Waals surface area contributed by atoms with E-state index in [-0.39, 0.29) is 40.1 Å². The molecule has 0 bridgehead atoms. The number of nitrogens with one attached hydrogen (secondary N) is 1. The summed E-state index contributed by atoms with van der Waals surface area (Å²) < 4.78 is 49.4. The quantitative estimate of drug-likeness (QED) is 0.272. The number of benzene rings is 1. The van der Waals surface area contributed by atoms with E-state index < -0.39 is 17.6 Å². The molecule has 2 atom stereocenters. The number of amides is 1. The first kappa shape index (κ1) is 32.4. The van der Waals surface area contributed by atoms with Crippen molar-refractivity contribution in [3.8, 4) is 18.4 Å². The monoisotopic (exact) mass is 658 g/mol. The summed E-state index contributed by atoms with van der Waals surface area (Å²) in [5, 5.41) is 3.31. The van der Waals surface area contributed by atoms with E-state index in [1.165, 1.54) is 12.1 Å². The van der Waals surface area contributed by atoms with Crippen LogP contribution in [0.25, 0.3) is 10.9 Å². The molecule has 1 amide bonds. The number of carbonyl (C=O) groups is 1. The molecule has 3 fully saturated rings.